The Labute approximate surface area is 183 Å². The van der Waals surface area contributed by atoms with Gasteiger partial charge in [-0.2, -0.15) is 5.10 Å². The third-order valence-corrected chi connectivity index (χ3v) is 6.24. The van der Waals surface area contributed by atoms with Gasteiger partial charge in [0.25, 0.3) is 0 Å². The lowest BCUT2D eigenvalue weighted by molar-refractivity contribution is -0.900. The van der Waals surface area contributed by atoms with Crippen LogP contribution in [0.25, 0.3) is 11.1 Å². The largest absolute Gasteiger partial charge is 0.360 e. The van der Waals surface area contributed by atoms with Crippen molar-refractivity contribution in [2.75, 3.05) is 37.6 Å². The number of hydrazone groups is 1. The fraction of sp³-hybridized carbons (Fsp3) is 0.231. The van der Waals surface area contributed by atoms with Gasteiger partial charge in [-0.1, -0.05) is 66.7 Å². The number of fused-ring (bicyclic) bond motifs is 3. The van der Waals surface area contributed by atoms with Gasteiger partial charge in [-0.25, -0.2) is 5.43 Å². The molecule has 1 fully saturated rings. The number of piperazine rings is 1. The first-order chi connectivity index (χ1) is 15.3. The Hall–Kier alpha value is -3.44. The minimum Gasteiger partial charge on any atom is -0.360 e. The van der Waals surface area contributed by atoms with E-state index in [1.54, 1.807) is 0 Å². The molecule has 0 spiro atoms. The van der Waals surface area contributed by atoms with E-state index in [9.17, 15) is 4.79 Å². The van der Waals surface area contributed by atoms with Gasteiger partial charge in [-0.15, -0.1) is 0 Å². The number of nitrogens with one attached hydrogen (secondary N) is 2. The Morgan fingerprint density at radius 3 is 1.97 bits per heavy atom. The van der Waals surface area contributed by atoms with Gasteiger partial charge in [0.2, 0.25) is 5.91 Å². The molecular weight excluding hydrogens is 384 g/mol. The molecule has 1 amide bonds. The Bertz CT molecular complexity index is 1050. The van der Waals surface area contributed by atoms with Gasteiger partial charge in [0.1, 0.15) is 0 Å². The molecule has 0 atom stereocenters. The summed E-state index contributed by atoms with van der Waals surface area (Å²) in [5.74, 6) is -0.0210. The number of hydrogen-bond acceptors (Lipinski definition) is 3. The maximum atomic E-state index is 12.5. The van der Waals surface area contributed by atoms with Crippen molar-refractivity contribution in [1.29, 1.82) is 0 Å². The number of rotatable bonds is 5. The van der Waals surface area contributed by atoms with E-state index in [0.717, 1.165) is 49.6 Å². The minimum atomic E-state index is -0.0210. The van der Waals surface area contributed by atoms with Crippen LogP contribution in [0.4, 0.5) is 5.69 Å². The van der Waals surface area contributed by atoms with Gasteiger partial charge in [0.05, 0.1) is 44.9 Å². The van der Waals surface area contributed by atoms with E-state index >= 15 is 0 Å². The van der Waals surface area contributed by atoms with Crippen LogP contribution in [-0.2, 0) is 4.79 Å². The van der Waals surface area contributed by atoms with Crippen LogP contribution in [0.5, 0.6) is 0 Å². The van der Waals surface area contributed by atoms with Crippen molar-refractivity contribution in [3.8, 4) is 11.1 Å². The first-order valence-corrected chi connectivity index (χ1v) is 11.0. The summed E-state index contributed by atoms with van der Waals surface area (Å²) in [7, 11) is 0. The zero-order chi connectivity index (χ0) is 21.0. The molecule has 3 aromatic rings. The van der Waals surface area contributed by atoms with Crippen molar-refractivity contribution in [2.45, 2.75) is 6.42 Å². The monoisotopic (exact) mass is 411 g/mol. The number of carbonyl (C=O) groups is 1. The molecule has 1 saturated heterocycles. The second-order valence-electron chi connectivity index (χ2n) is 8.16. The Morgan fingerprint density at radius 1 is 0.806 bits per heavy atom. The van der Waals surface area contributed by atoms with Crippen LogP contribution in [0.2, 0.25) is 0 Å². The molecule has 1 heterocycles. The predicted octanol–water partition coefficient (Wildman–Crippen LogP) is 2.33. The standard InChI is InChI=1S/C26H26N4O/c31-25(14-15-29-16-18-30(19-17-29)20-8-2-1-3-9-20)27-28-26-23-12-6-4-10-21(23)22-11-5-7-13-24(22)26/h1-13H,14-19H2,(H,27,31)/p+1. The number of carbonyl (C=O) groups excluding carboxylic acids is 1. The molecule has 2 N–H and O–H groups in total. The maximum absolute atomic E-state index is 12.5. The summed E-state index contributed by atoms with van der Waals surface area (Å²) in [6, 6.07) is 27.0. The second kappa shape index (κ2) is 8.74. The molecule has 2 aliphatic rings. The lowest BCUT2D eigenvalue weighted by Crippen LogP contribution is -3.15. The highest BCUT2D eigenvalue weighted by molar-refractivity contribution is 6.24. The quantitative estimate of drug-likeness (QED) is 0.495. The summed E-state index contributed by atoms with van der Waals surface area (Å²) in [4.78, 5) is 16.4. The zero-order valence-corrected chi connectivity index (χ0v) is 17.6. The number of quaternary nitrogens is 1. The topological polar surface area (TPSA) is 49.1 Å². The van der Waals surface area contributed by atoms with Crippen LogP contribution in [-0.4, -0.2) is 44.3 Å². The van der Waals surface area contributed by atoms with E-state index in [0.29, 0.717) is 6.42 Å². The van der Waals surface area contributed by atoms with Crippen molar-refractivity contribution in [1.82, 2.24) is 5.43 Å². The normalized spacial score (nSPS) is 15.4. The number of para-hydroxylation sites is 1. The summed E-state index contributed by atoms with van der Waals surface area (Å²) in [6.45, 7) is 5.00. The summed E-state index contributed by atoms with van der Waals surface area (Å²) < 4.78 is 0. The molecular formula is C26H27N4O+. The van der Waals surface area contributed by atoms with Gasteiger partial charge in [-0.05, 0) is 23.3 Å². The van der Waals surface area contributed by atoms with Crippen molar-refractivity contribution in [3.63, 3.8) is 0 Å². The Balaban J connectivity index is 1.17. The summed E-state index contributed by atoms with van der Waals surface area (Å²) >= 11 is 0. The molecule has 1 aliphatic heterocycles. The van der Waals surface area contributed by atoms with Crippen molar-refractivity contribution in [2.24, 2.45) is 5.10 Å². The van der Waals surface area contributed by atoms with Crippen LogP contribution in [0, 0.1) is 0 Å². The van der Waals surface area contributed by atoms with E-state index in [1.165, 1.54) is 21.7 Å². The average molecular weight is 412 g/mol. The van der Waals surface area contributed by atoms with Crippen molar-refractivity contribution >= 4 is 17.3 Å². The fourth-order valence-corrected chi connectivity index (χ4v) is 4.55. The van der Waals surface area contributed by atoms with Crippen LogP contribution in [0.15, 0.2) is 84.0 Å². The number of hydrogen-bond donors (Lipinski definition) is 2. The summed E-state index contributed by atoms with van der Waals surface area (Å²) in [5, 5.41) is 4.52. The van der Waals surface area contributed by atoms with E-state index in [1.807, 2.05) is 24.3 Å². The molecule has 31 heavy (non-hydrogen) atoms. The molecule has 0 saturated carbocycles. The Morgan fingerprint density at radius 2 is 1.35 bits per heavy atom. The highest BCUT2D eigenvalue weighted by Gasteiger charge is 2.24. The zero-order valence-electron chi connectivity index (χ0n) is 17.6. The lowest BCUT2D eigenvalue weighted by Gasteiger charge is -2.33. The molecule has 5 nitrogen and oxygen atoms in total. The first-order valence-electron chi connectivity index (χ1n) is 11.0. The predicted molar refractivity (Wildman–Crippen MR) is 124 cm³/mol. The summed E-state index contributed by atoms with van der Waals surface area (Å²) in [6.07, 6.45) is 0.487. The smallest absolute Gasteiger partial charge is 0.245 e. The van der Waals surface area contributed by atoms with Gasteiger partial charge < -0.3 is 9.80 Å². The number of benzene rings is 3. The van der Waals surface area contributed by atoms with Crippen LogP contribution >= 0.6 is 0 Å². The van der Waals surface area contributed by atoms with Crippen LogP contribution < -0.4 is 15.2 Å². The molecule has 156 valence electrons. The number of nitrogens with zero attached hydrogens (tertiary/aromatic N) is 2. The summed E-state index contributed by atoms with van der Waals surface area (Å²) in [5.41, 5.74) is 9.44. The molecule has 0 unspecified atom stereocenters. The molecule has 1 aliphatic carbocycles. The molecule has 3 aromatic carbocycles. The number of anilines is 1. The van der Waals surface area contributed by atoms with Gasteiger partial charge in [0, 0.05) is 16.8 Å². The van der Waals surface area contributed by atoms with E-state index in [-0.39, 0.29) is 5.91 Å². The molecule has 0 radical (unpaired) electrons. The highest BCUT2D eigenvalue weighted by Crippen LogP contribution is 2.36. The van der Waals surface area contributed by atoms with E-state index in [4.69, 9.17) is 0 Å². The maximum Gasteiger partial charge on any atom is 0.245 e. The molecule has 5 rings (SSSR count). The van der Waals surface area contributed by atoms with Crippen LogP contribution in [0.1, 0.15) is 17.5 Å². The lowest BCUT2D eigenvalue weighted by atomic mass is 10.1. The third kappa shape index (κ3) is 4.09. The average Bonchev–Trinajstić information content (AvgIpc) is 3.16. The SMILES string of the molecule is O=C(CC[NH+]1CCN(c2ccccc2)CC1)NN=C1c2ccccc2-c2ccccc21. The Kier molecular flexibility index (Phi) is 5.50. The first kappa shape index (κ1) is 19.5. The van der Waals surface area contributed by atoms with E-state index < -0.39 is 0 Å². The number of amides is 1. The fourth-order valence-electron chi connectivity index (χ4n) is 4.55. The molecule has 5 heteroatoms. The molecule has 0 bridgehead atoms. The highest BCUT2D eigenvalue weighted by atomic mass is 16.2. The van der Waals surface area contributed by atoms with Crippen LogP contribution in [0.3, 0.4) is 0 Å². The van der Waals surface area contributed by atoms with Gasteiger partial charge in [-0.3, -0.25) is 4.79 Å². The molecule has 0 aromatic heterocycles. The van der Waals surface area contributed by atoms with Gasteiger partial charge in [0.15, 0.2) is 0 Å². The second-order valence-corrected chi connectivity index (χ2v) is 8.16. The van der Waals surface area contributed by atoms with Gasteiger partial charge >= 0.3 is 0 Å². The van der Waals surface area contributed by atoms with Crippen molar-refractivity contribution in [3.05, 3.63) is 90.0 Å². The minimum absolute atomic E-state index is 0.0210. The van der Waals surface area contributed by atoms with E-state index in [2.05, 4.69) is 70.0 Å². The third-order valence-electron chi connectivity index (χ3n) is 6.24. The van der Waals surface area contributed by atoms with Crippen molar-refractivity contribution < 1.29 is 9.69 Å².